The van der Waals surface area contributed by atoms with Crippen LogP contribution in [0.5, 0.6) is 0 Å². The van der Waals surface area contributed by atoms with Gasteiger partial charge in [-0.1, -0.05) is 6.07 Å². The lowest BCUT2D eigenvalue weighted by atomic mass is 10.0. The summed E-state index contributed by atoms with van der Waals surface area (Å²) in [7, 11) is 0. The molecule has 0 saturated carbocycles. The van der Waals surface area contributed by atoms with Gasteiger partial charge in [-0.15, -0.1) is 0 Å². The number of hydrogen-bond donors (Lipinski definition) is 1. The molecule has 130 valence electrons. The molecule has 3 rings (SSSR count). The van der Waals surface area contributed by atoms with E-state index in [2.05, 4.69) is 5.32 Å². The van der Waals surface area contributed by atoms with Crippen molar-refractivity contribution in [2.75, 3.05) is 0 Å². The number of hydrogen-bond acceptors (Lipinski definition) is 2. The molecule has 0 fully saturated rings. The van der Waals surface area contributed by atoms with Crippen LogP contribution in [0.15, 0.2) is 41.0 Å². The van der Waals surface area contributed by atoms with Gasteiger partial charge in [0.2, 0.25) is 5.91 Å². The second-order valence-corrected chi connectivity index (χ2v) is 6.33. The van der Waals surface area contributed by atoms with E-state index in [0.717, 1.165) is 39.8 Å². The van der Waals surface area contributed by atoms with Crippen LogP contribution in [0.3, 0.4) is 0 Å². The summed E-state index contributed by atoms with van der Waals surface area (Å²) >= 11 is 0. The van der Waals surface area contributed by atoms with Crippen molar-refractivity contribution in [3.05, 3.63) is 70.5 Å². The van der Waals surface area contributed by atoms with Crippen molar-refractivity contribution in [3.63, 3.8) is 0 Å². The number of benzene rings is 2. The number of halogens is 2. The molecule has 0 bridgehead atoms. The van der Waals surface area contributed by atoms with Crippen LogP contribution in [0.1, 0.15) is 35.2 Å². The number of carbonyl (C=O) groups is 1. The van der Waals surface area contributed by atoms with E-state index >= 15 is 0 Å². The number of furan rings is 1. The number of amides is 1. The minimum absolute atomic E-state index is 0.156. The third-order valence-corrected chi connectivity index (χ3v) is 4.44. The molecular weight excluding hydrogens is 324 g/mol. The van der Waals surface area contributed by atoms with Gasteiger partial charge >= 0.3 is 0 Å². The van der Waals surface area contributed by atoms with Crippen molar-refractivity contribution in [2.24, 2.45) is 0 Å². The zero-order chi connectivity index (χ0) is 18.1. The second kappa shape index (κ2) is 6.67. The minimum Gasteiger partial charge on any atom is -0.464 e. The molecule has 2 aromatic carbocycles. The highest BCUT2D eigenvalue weighted by atomic mass is 19.2. The molecule has 1 unspecified atom stereocenters. The molecule has 5 heteroatoms. The zero-order valence-corrected chi connectivity index (χ0v) is 14.3. The Morgan fingerprint density at radius 1 is 1.12 bits per heavy atom. The zero-order valence-electron chi connectivity index (χ0n) is 14.3. The van der Waals surface area contributed by atoms with Crippen LogP contribution in [0, 0.1) is 25.5 Å². The fraction of sp³-hybridized carbons (Fsp3) is 0.250. The Bertz CT molecular complexity index is 946. The molecule has 0 aliphatic rings. The third-order valence-electron chi connectivity index (χ3n) is 4.44. The molecule has 0 radical (unpaired) electrons. The molecule has 1 atom stereocenters. The van der Waals surface area contributed by atoms with Crippen LogP contribution in [0.4, 0.5) is 8.78 Å². The molecule has 0 aliphatic heterocycles. The molecule has 3 nitrogen and oxygen atoms in total. The van der Waals surface area contributed by atoms with E-state index in [9.17, 15) is 13.6 Å². The summed E-state index contributed by atoms with van der Waals surface area (Å²) in [5.74, 6) is -2.04. The predicted molar refractivity (Wildman–Crippen MR) is 92.3 cm³/mol. The summed E-state index contributed by atoms with van der Waals surface area (Å²) in [6, 6.07) is 7.15. The third kappa shape index (κ3) is 3.55. The first kappa shape index (κ1) is 17.1. The van der Waals surface area contributed by atoms with Crippen LogP contribution in [0.25, 0.3) is 11.0 Å². The van der Waals surface area contributed by atoms with Gasteiger partial charge in [-0.3, -0.25) is 4.79 Å². The lowest BCUT2D eigenvalue weighted by Gasteiger charge is -2.14. The highest BCUT2D eigenvalue weighted by Crippen LogP contribution is 2.25. The fourth-order valence-corrected chi connectivity index (χ4v) is 2.80. The topological polar surface area (TPSA) is 42.2 Å². The largest absolute Gasteiger partial charge is 0.464 e. The average molecular weight is 343 g/mol. The summed E-state index contributed by atoms with van der Waals surface area (Å²) in [5, 5.41) is 3.72. The number of fused-ring (bicyclic) bond motifs is 1. The number of nitrogens with one attached hydrogen (secondary N) is 1. The maximum absolute atomic E-state index is 13.3. The van der Waals surface area contributed by atoms with Crippen LogP contribution in [-0.4, -0.2) is 5.91 Å². The summed E-state index contributed by atoms with van der Waals surface area (Å²) in [6.07, 6.45) is 1.74. The van der Waals surface area contributed by atoms with Crippen molar-refractivity contribution in [3.8, 4) is 0 Å². The van der Waals surface area contributed by atoms with E-state index in [4.69, 9.17) is 4.42 Å². The molecule has 0 spiro atoms. The Hall–Kier alpha value is -2.69. The van der Waals surface area contributed by atoms with Gasteiger partial charge in [0, 0.05) is 10.9 Å². The molecular formula is C20H19F2NO2. The van der Waals surface area contributed by atoms with E-state index < -0.39 is 17.7 Å². The number of carbonyl (C=O) groups excluding carboxylic acids is 1. The first-order valence-corrected chi connectivity index (χ1v) is 8.07. The average Bonchev–Trinajstić information content (AvgIpc) is 2.92. The van der Waals surface area contributed by atoms with Crippen molar-refractivity contribution in [2.45, 2.75) is 33.2 Å². The smallest absolute Gasteiger partial charge is 0.225 e. The normalized spacial score (nSPS) is 12.4. The Labute approximate surface area is 144 Å². The van der Waals surface area contributed by atoms with Crippen LogP contribution >= 0.6 is 0 Å². The minimum atomic E-state index is -0.926. The monoisotopic (exact) mass is 343 g/mol. The summed E-state index contributed by atoms with van der Waals surface area (Å²) in [5.41, 5.74) is 4.32. The lowest BCUT2D eigenvalue weighted by Crippen LogP contribution is -2.28. The second-order valence-electron chi connectivity index (χ2n) is 6.33. The van der Waals surface area contributed by atoms with Crippen LogP contribution < -0.4 is 5.32 Å². The van der Waals surface area contributed by atoms with E-state index in [1.807, 2.05) is 26.0 Å². The molecule has 1 amide bonds. The van der Waals surface area contributed by atoms with Crippen LogP contribution in [-0.2, 0) is 11.2 Å². The quantitative estimate of drug-likeness (QED) is 0.743. The molecule has 0 saturated heterocycles. The van der Waals surface area contributed by atoms with Gasteiger partial charge in [0.1, 0.15) is 5.58 Å². The van der Waals surface area contributed by atoms with E-state index in [1.165, 1.54) is 6.07 Å². The van der Waals surface area contributed by atoms with Crippen molar-refractivity contribution in [1.29, 1.82) is 0 Å². The standard InChI is InChI=1S/C20H19F2NO2/c1-11-6-16-15(10-25-19(16)7-12(11)2)9-20(24)23-13(3)14-4-5-17(21)18(22)8-14/h4-8,10,13H,9H2,1-3H3,(H,23,24). The number of aryl methyl sites for hydroxylation is 2. The van der Waals surface area contributed by atoms with Gasteiger partial charge in [0.15, 0.2) is 11.6 Å². The molecule has 1 aromatic heterocycles. The van der Waals surface area contributed by atoms with Gasteiger partial charge in [0.05, 0.1) is 18.7 Å². The van der Waals surface area contributed by atoms with Gasteiger partial charge in [-0.2, -0.15) is 0 Å². The fourth-order valence-electron chi connectivity index (χ4n) is 2.80. The Morgan fingerprint density at radius 2 is 1.84 bits per heavy atom. The van der Waals surface area contributed by atoms with E-state index in [0.29, 0.717) is 5.56 Å². The van der Waals surface area contributed by atoms with Crippen molar-refractivity contribution >= 4 is 16.9 Å². The Kier molecular flexibility index (Phi) is 4.57. The maximum atomic E-state index is 13.3. The SMILES string of the molecule is Cc1cc2occ(CC(=O)NC(C)c3ccc(F)c(F)c3)c2cc1C. The molecule has 3 aromatic rings. The predicted octanol–water partition coefficient (Wildman–Crippen LogP) is 4.75. The molecule has 25 heavy (non-hydrogen) atoms. The van der Waals surface area contributed by atoms with Gasteiger partial charge in [-0.05, 0) is 61.7 Å². The first-order valence-electron chi connectivity index (χ1n) is 8.07. The van der Waals surface area contributed by atoms with Gasteiger partial charge < -0.3 is 9.73 Å². The van der Waals surface area contributed by atoms with Crippen LogP contribution in [0.2, 0.25) is 0 Å². The molecule has 0 aliphatic carbocycles. The van der Waals surface area contributed by atoms with Crippen molar-refractivity contribution in [1.82, 2.24) is 5.32 Å². The Morgan fingerprint density at radius 3 is 2.56 bits per heavy atom. The number of rotatable bonds is 4. The maximum Gasteiger partial charge on any atom is 0.225 e. The van der Waals surface area contributed by atoms with Crippen molar-refractivity contribution < 1.29 is 18.0 Å². The van der Waals surface area contributed by atoms with E-state index in [-0.39, 0.29) is 12.3 Å². The summed E-state index contributed by atoms with van der Waals surface area (Å²) in [6.45, 7) is 5.75. The van der Waals surface area contributed by atoms with E-state index in [1.54, 1.807) is 13.2 Å². The highest BCUT2D eigenvalue weighted by molar-refractivity contribution is 5.88. The summed E-state index contributed by atoms with van der Waals surface area (Å²) < 4.78 is 31.9. The lowest BCUT2D eigenvalue weighted by molar-refractivity contribution is -0.121. The highest BCUT2D eigenvalue weighted by Gasteiger charge is 2.15. The first-order chi connectivity index (χ1) is 11.8. The summed E-state index contributed by atoms with van der Waals surface area (Å²) in [4.78, 5) is 12.3. The van der Waals surface area contributed by atoms with Gasteiger partial charge in [-0.25, -0.2) is 8.78 Å². The molecule has 1 N–H and O–H groups in total. The molecule has 1 heterocycles. The Balaban J connectivity index is 1.74. The van der Waals surface area contributed by atoms with Gasteiger partial charge in [0.25, 0.3) is 0 Å².